The standard InChI is InChI=1S/C11H15N/c1-11(2,3)12-8-7-9-5-4-6-10(9)12/h4-9H,1-3H3. The van der Waals surface area contributed by atoms with Gasteiger partial charge < -0.3 is 4.90 Å². The summed E-state index contributed by atoms with van der Waals surface area (Å²) in [5, 5.41) is 0. The fraction of sp³-hybridized carbons (Fsp3) is 0.455. The number of fused-ring (bicyclic) bond motifs is 1. The van der Waals surface area contributed by atoms with Crippen LogP contribution in [0, 0.1) is 5.92 Å². The first kappa shape index (κ1) is 7.66. The van der Waals surface area contributed by atoms with E-state index < -0.39 is 0 Å². The minimum atomic E-state index is 0.211. The number of hydrogen-bond acceptors (Lipinski definition) is 1. The van der Waals surface area contributed by atoms with Crippen molar-refractivity contribution in [3.05, 3.63) is 36.2 Å². The van der Waals surface area contributed by atoms with E-state index in [0.717, 1.165) is 0 Å². The molecule has 2 aliphatic rings. The predicted octanol–water partition coefficient (Wildman–Crippen LogP) is 2.68. The molecule has 1 heterocycles. The summed E-state index contributed by atoms with van der Waals surface area (Å²) < 4.78 is 0. The summed E-state index contributed by atoms with van der Waals surface area (Å²) in [6.45, 7) is 6.70. The third-order valence-corrected chi connectivity index (χ3v) is 2.37. The fourth-order valence-electron chi connectivity index (χ4n) is 1.76. The zero-order valence-corrected chi connectivity index (χ0v) is 7.91. The molecule has 0 saturated carbocycles. The molecule has 1 atom stereocenters. The molecule has 0 aromatic heterocycles. The van der Waals surface area contributed by atoms with E-state index in [1.54, 1.807) is 0 Å². The molecule has 1 unspecified atom stereocenters. The third-order valence-electron chi connectivity index (χ3n) is 2.37. The first-order valence-electron chi connectivity index (χ1n) is 4.45. The topological polar surface area (TPSA) is 3.24 Å². The molecular weight excluding hydrogens is 146 g/mol. The van der Waals surface area contributed by atoms with E-state index in [4.69, 9.17) is 0 Å². The summed E-state index contributed by atoms with van der Waals surface area (Å²) in [6, 6.07) is 0. The molecule has 0 N–H and O–H groups in total. The summed E-state index contributed by atoms with van der Waals surface area (Å²) >= 11 is 0. The van der Waals surface area contributed by atoms with Crippen LogP contribution >= 0.6 is 0 Å². The van der Waals surface area contributed by atoms with Crippen LogP contribution in [-0.2, 0) is 0 Å². The lowest BCUT2D eigenvalue weighted by atomic mass is 10.0. The van der Waals surface area contributed by atoms with E-state index in [0.29, 0.717) is 5.92 Å². The highest BCUT2D eigenvalue weighted by molar-refractivity contribution is 5.36. The van der Waals surface area contributed by atoms with Gasteiger partial charge >= 0.3 is 0 Å². The molecule has 12 heavy (non-hydrogen) atoms. The summed E-state index contributed by atoms with van der Waals surface area (Å²) in [5.74, 6) is 0.546. The maximum absolute atomic E-state index is 2.34. The molecular formula is C11H15N. The maximum Gasteiger partial charge on any atom is 0.0372 e. The van der Waals surface area contributed by atoms with Crippen LogP contribution in [-0.4, -0.2) is 10.4 Å². The second-order valence-corrected chi connectivity index (χ2v) is 4.38. The largest absolute Gasteiger partial charge is 0.346 e. The number of nitrogens with zero attached hydrogens (tertiary/aromatic N) is 1. The fourth-order valence-corrected chi connectivity index (χ4v) is 1.76. The molecule has 0 radical (unpaired) electrons. The van der Waals surface area contributed by atoms with Gasteiger partial charge in [-0.25, -0.2) is 0 Å². The second kappa shape index (κ2) is 2.25. The van der Waals surface area contributed by atoms with Gasteiger partial charge in [0.1, 0.15) is 0 Å². The maximum atomic E-state index is 2.34. The van der Waals surface area contributed by atoms with Gasteiger partial charge in [0.2, 0.25) is 0 Å². The van der Waals surface area contributed by atoms with E-state index in [9.17, 15) is 0 Å². The van der Waals surface area contributed by atoms with Gasteiger partial charge in [-0.3, -0.25) is 0 Å². The van der Waals surface area contributed by atoms with E-state index in [1.807, 2.05) is 0 Å². The predicted molar refractivity (Wildman–Crippen MR) is 51.4 cm³/mol. The summed E-state index contributed by atoms with van der Waals surface area (Å²) in [4.78, 5) is 2.34. The van der Waals surface area contributed by atoms with Gasteiger partial charge in [0.25, 0.3) is 0 Å². The smallest absolute Gasteiger partial charge is 0.0372 e. The van der Waals surface area contributed by atoms with Gasteiger partial charge in [0.05, 0.1) is 0 Å². The molecule has 0 aromatic carbocycles. The molecule has 2 rings (SSSR count). The molecule has 0 spiro atoms. The Hall–Kier alpha value is -0.980. The van der Waals surface area contributed by atoms with E-state index >= 15 is 0 Å². The van der Waals surface area contributed by atoms with Crippen molar-refractivity contribution in [2.24, 2.45) is 5.92 Å². The minimum absolute atomic E-state index is 0.211. The Balaban J connectivity index is 2.28. The Labute approximate surface area is 74.1 Å². The van der Waals surface area contributed by atoms with Crippen LogP contribution in [0.15, 0.2) is 36.2 Å². The van der Waals surface area contributed by atoms with E-state index in [2.05, 4.69) is 56.2 Å². The van der Waals surface area contributed by atoms with Crippen LogP contribution in [0.3, 0.4) is 0 Å². The molecule has 1 nitrogen and oxygen atoms in total. The van der Waals surface area contributed by atoms with Crippen LogP contribution in [0.2, 0.25) is 0 Å². The zero-order chi connectivity index (χ0) is 8.77. The molecule has 0 saturated heterocycles. The molecule has 0 amide bonds. The number of hydrogen-bond donors (Lipinski definition) is 0. The Kier molecular flexibility index (Phi) is 1.44. The van der Waals surface area contributed by atoms with Crippen molar-refractivity contribution in [3.8, 4) is 0 Å². The van der Waals surface area contributed by atoms with Crippen LogP contribution < -0.4 is 0 Å². The van der Waals surface area contributed by atoms with Crippen LogP contribution in [0.1, 0.15) is 20.8 Å². The van der Waals surface area contributed by atoms with Crippen molar-refractivity contribution in [1.82, 2.24) is 4.90 Å². The monoisotopic (exact) mass is 161 g/mol. The first-order chi connectivity index (χ1) is 5.59. The highest BCUT2D eigenvalue weighted by atomic mass is 15.2. The van der Waals surface area contributed by atoms with Gasteiger partial charge in [-0.2, -0.15) is 0 Å². The van der Waals surface area contributed by atoms with Crippen molar-refractivity contribution in [2.45, 2.75) is 26.3 Å². The van der Waals surface area contributed by atoms with Gasteiger partial charge in [-0.15, -0.1) is 0 Å². The van der Waals surface area contributed by atoms with Gasteiger partial charge in [0, 0.05) is 23.4 Å². The minimum Gasteiger partial charge on any atom is -0.346 e. The van der Waals surface area contributed by atoms with Crippen molar-refractivity contribution in [3.63, 3.8) is 0 Å². The Bertz CT molecular complexity index is 276. The molecule has 0 bridgehead atoms. The quantitative estimate of drug-likeness (QED) is 0.528. The summed E-state index contributed by atoms with van der Waals surface area (Å²) in [6.07, 6.45) is 11.0. The molecule has 1 heteroatoms. The summed E-state index contributed by atoms with van der Waals surface area (Å²) in [7, 11) is 0. The van der Waals surface area contributed by atoms with Gasteiger partial charge in [0.15, 0.2) is 0 Å². The van der Waals surface area contributed by atoms with Crippen molar-refractivity contribution < 1.29 is 0 Å². The number of allylic oxidation sites excluding steroid dienone is 3. The van der Waals surface area contributed by atoms with Crippen LogP contribution in [0.5, 0.6) is 0 Å². The number of rotatable bonds is 0. The second-order valence-electron chi connectivity index (χ2n) is 4.38. The van der Waals surface area contributed by atoms with Gasteiger partial charge in [-0.05, 0) is 26.8 Å². The Morgan fingerprint density at radius 3 is 2.67 bits per heavy atom. The van der Waals surface area contributed by atoms with E-state index in [1.165, 1.54) is 5.70 Å². The summed E-state index contributed by atoms with van der Waals surface area (Å²) in [5.41, 5.74) is 1.63. The molecule has 1 aliphatic heterocycles. The van der Waals surface area contributed by atoms with E-state index in [-0.39, 0.29) is 5.54 Å². The van der Waals surface area contributed by atoms with Gasteiger partial charge in [-0.1, -0.05) is 18.2 Å². The molecule has 0 aromatic rings. The third kappa shape index (κ3) is 1.01. The van der Waals surface area contributed by atoms with Crippen molar-refractivity contribution >= 4 is 0 Å². The molecule has 0 fully saturated rings. The molecule has 1 aliphatic carbocycles. The highest BCUT2D eigenvalue weighted by Gasteiger charge is 2.29. The molecule has 64 valence electrons. The zero-order valence-electron chi connectivity index (χ0n) is 7.91. The van der Waals surface area contributed by atoms with Crippen molar-refractivity contribution in [1.29, 1.82) is 0 Å². The Morgan fingerprint density at radius 1 is 1.25 bits per heavy atom. The lowest BCUT2D eigenvalue weighted by molar-refractivity contribution is 0.261. The lowest BCUT2D eigenvalue weighted by Crippen LogP contribution is -2.35. The highest BCUT2D eigenvalue weighted by Crippen LogP contribution is 2.35. The SMILES string of the molecule is CC(C)(C)N1C=CC2C=CC=C21. The van der Waals surface area contributed by atoms with Crippen LogP contribution in [0.4, 0.5) is 0 Å². The lowest BCUT2D eigenvalue weighted by Gasteiger charge is -2.33. The Morgan fingerprint density at radius 2 is 2.00 bits per heavy atom. The van der Waals surface area contributed by atoms with Crippen LogP contribution in [0.25, 0.3) is 0 Å². The average Bonchev–Trinajstić information content (AvgIpc) is 2.37. The first-order valence-corrected chi connectivity index (χ1v) is 4.45. The normalized spacial score (nSPS) is 26.4. The average molecular weight is 161 g/mol. The van der Waals surface area contributed by atoms with Crippen molar-refractivity contribution in [2.75, 3.05) is 0 Å².